The number of piperazine rings is 1. The second-order valence-electron chi connectivity index (χ2n) is 6.92. The van der Waals surface area contributed by atoms with Crippen LogP contribution in [0.4, 0.5) is 4.39 Å². The first-order valence-electron chi connectivity index (χ1n) is 9.18. The maximum Gasteiger partial charge on any atom is 0.277 e. The van der Waals surface area contributed by atoms with E-state index in [0.717, 1.165) is 17.9 Å². The summed E-state index contributed by atoms with van der Waals surface area (Å²) in [7, 11) is 1.92. The van der Waals surface area contributed by atoms with Crippen molar-refractivity contribution in [1.29, 1.82) is 0 Å². The second-order valence-corrected chi connectivity index (χ2v) is 6.92. The lowest BCUT2D eigenvalue weighted by Gasteiger charge is -2.35. The number of halogens is 1. The van der Waals surface area contributed by atoms with E-state index in [1.54, 1.807) is 27.9 Å². The Bertz CT molecular complexity index is 979. The Hall–Kier alpha value is -3.07. The summed E-state index contributed by atoms with van der Waals surface area (Å²) >= 11 is 0. The molecule has 0 spiro atoms. The number of hydrogen-bond acceptors (Lipinski definition) is 5. The van der Waals surface area contributed by atoms with Crippen LogP contribution in [0.15, 0.2) is 36.7 Å². The number of nitrogens with zero attached hydrogens (tertiary/aromatic N) is 6. The lowest BCUT2D eigenvalue weighted by atomic mass is 10.1. The van der Waals surface area contributed by atoms with Gasteiger partial charge in [0.1, 0.15) is 17.7 Å². The Labute approximate surface area is 162 Å². The van der Waals surface area contributed by atoms with Gasteiger partial charge in [0.2, 0.25) is 0 Å². The van der Waals surface area contributed by atoms with Crippen LogP contribution < -0.4 is 5.32 Å². The van der Waals surface area contributed by atoms with Crippen molar-refractivity contribution in [2.24, 2.45) is 7.05 Å². The number of aromatic nitrogens is 5. The Balaban J connectivity index is 1.58. The van der Waals surface area contributed by atoms with Gasteiger partial charge in [-0.3, -0.25) is 4.79 Å². The zero-order valence-corrected chi connectivity index (χ0v) is 15.8. The molecule has 1 aromatic carbocycles. The summed E-state index contributed by atoms with van der Waals surface area (Å²) in [6.45, 7) is 4.18. The van der Waals surface area contributed by atoms with E-state index in [1.165, 1.54) is 12.1 Å². The summed E-state index contributed by atoms with van der Waals surface area (Å²) in [6.07, 6.45) is 3.60. The molecule has 3 aromatic rings. The fraction of sp³-hybridized carbons (Fsp3) is 0.368. The topological polar surface area (TPSA) is 80.9 Å². The predicted molar refractivity (Wildman–Crippen MR) is 100 cm³/mol. The van der Waals surface area contributed by atoms with Gasteiger partial charge in [-0.25, -0.2) is 14.1 Å². The van der Waals surface area contributed by atoms with E-state index in [-0.39, 0.29) is 17.8 Å². The SMILES string of the molecule is Cc1c(C(=O)N2CCNCC2c2nccn2C)nnn1Cc1ccc(F)cc1. The molecule has 8 nitrogen and oxygen atoms in total. The van der Waals surface area contributed by atoms with Crippen molar-refractivity contribution < 1.29 is 9.18 Å². The molecule has 0 bridgehead atoms. The Morgan fingerprint density at radius 3 is 2.82 bits per heavy atom. The number of rotatable bonds is 4. The number of aryl methyl sites for hydroxylation is 1. The number of nitrogens with one attached hydrogen (secondary N) is 1. The molecule has 1 atom stereocenters. The number of carbonyl (C=O) groups is 1. The number of benzene rings is 1. The van der Waals surface area contributed by atoms with Crippen LogP contribution in [0.3, 0.4) is 0 Å². The summed E-state index contributed by atoms with van der Waals surface area (Å²) in [6, 6.07) is 6.05. The molecule has 4 rings (SSSR count). The maximum absolute atomic E-state index is 13.2. The van der Waals surface area contributed by atoms with Crippen LogP contribution in [-0.2, 0) is 13.6 Å². The van der Waals surface area contributed by atoms with Gasteiger partial charge in [-0.1, -0.05) is 17.3 Å². The minimum Gasteiger partial charge on any atom is -0.336 e. The molecule has 1 aliphatic rings. The monoisotopic (exact) mass is 383 g/mol. The molecule has 0 saturated carbocycles. The smallest absolute Gasteiger partial charge is 0.277 e. The highest BCUT2D eigenvalue weighted by Crippen LogP contribution is 2.23. The van der Waals surface area contributed by atoms with Crippen molar-refractivity contribution in [3.8, 4) is 0 Å². The molecule has 0 aliphatic carbocycles. The van der Waals surface area contributed by atoms with Gasteiger partial charge in [-0.05, 0) is 24.6 Å². The van der Waals surface area contributed by atoms with E-state index in [1.807, 2.05) is 24.7 Å². The number of imidazole rings is 1. The summed E-state index contributed by atoms with van der Waals surface area (Å²) in [4.78, 5) is 19.5. The van der Waals surface area contributed by atoms with Crippen LogP contribution in [0.25, 0.3) is 0 Å². The molecule has 1 saturated heterocycles. The quantitative estimate of drug-likeness (QED) is 0.734. The molecule has 2 aromatic heterocycles. The van der Waals surface area contributed by atoms with Crippen LogP contribution in [-0.4, -0.2) is 55.0 Å². The molecule has 1 fully saturated rings. The normalized spacial score (nSPS) is 17.1. The largest absolute Gasteiger partial charge is 0.336 e. The fourth-order valence-electron chi connectivity index (χ4n) is 3.48. The van der Waals surface area contributed by atoms with E-state index in [0.29, 0.717) is 31.0 Å². The number of amides is 1. The lowest BCUT2D eigenvalue weighted by Crippen LogP contribution is -2.49. The van der Waals surface area contributed by atoms with Gasteiger partial charge in [0.05, 0.1) is 12.2 Å². The van der Waals surface area contributed by atoms with Gasteiger partial charge >= 0.3 is 0 Å². The summed E-state index contributed by atoms with van der Waals surface area (Å²) in [5.74, 6) is 0.392. The van der Waals surface area contributed by atoms with E-state index in [9.17, 15) is 9.18 Å². The van der Waals surface area contributed by atoms with E-state index < -0.39 is 0 Å². The average molecular weight is 383 g/mol. The Morgan fingerprint density at radius 1 is 1.32 bits per heavy atom. The van der Waals surface area contributed by atoms with Gasteiger partial charge in [0, 0.05) is 39.1 Å². The first-order valence-corrected chi connectivity index (χ1v) is 9.18. The van der Waals surface area contributed by atoms with Gasteiger partial charge in [0.25, 0.3) is 5.91 Å². The van der Waals surface area contributed by atoms with Crippen molar-refractivity contribution in [2.75, 3.05) is 19.6 Å². The molecule has 9 heteroatoms. The third-order valence-corrected chi connectivity index (χ3v) is 5.09. The minimum atomic E-state index is -0.283. The molecule has 0 radical (unpaired) electrons. The van der Waals surface area contributed by atoms with Gasteiger partial charge in [-0.2, -0.15) is 0 Å². The highest BCUT2D eigenvalue weighted by Gasteiger charge is 2.33. The molecule has 146 valence electrons. The minimum absolute atomic E-state index is 0.155. The standard InChI is InChI=1S/C19H22FN7O/c1-13-17(23-24-27(13)12-14-3-5-15(20)6-4-14)19(28)26-10-7-21-11-16(26)18-22-8-9-25(18)2/h3-6,8-9,16,21H,7,10-12H2,1-2H3. The number of carbonyl (C=O) groups excluding carboxylic acids is 1. The van der Waals surface area contributed by atoms with Gasteiger partial charge in [-0.15, -0.1) is 5.10 Å². The van der Waals surface area contributed by atoms with Crippen LogP contribution >= 0.6 is 0 Å². The summed E-state index contributed by atoms with van der Waals surface area (Å²) < 4.78 is 16.7. The zero-order valence-electron chi connectivity index (χ0n) is 15.8. The van der Waals surface area contributed by atoms with Crippen LogP contribution in [0.5, 0.6) is 0 Å². The van der Waals surface area contributed by atoms with E-state index >= 15 is 0 Å². The summed E-state index contributed by atoms with van der Waals surface area (Å²) in [5, 5.41) is 11.6. The number of hydrogen-bond donors (Lipinski definition) is 1. The van der Waals surface area contributed by atoms with Crippen molar-refractivity contribution in [3.05, 3.63) is 65.3 Å². The molecular formula is C19H22FN7O. The first-order chi connectivity index (χ1) is 13.5. The molecule has 28 heavy (non-hydrogen) atoms. The zero-order chi connectivity index (χ0) is 19.7. The molecule has 1 aliphatic heterocycles. The lowest BCUT2D eigenvalue weighted by molar-refractivity contribution is 0.0614. The third kappa shape index (κ3) is 3.40. The highest BCUT2D eigenvalue weighted by atomic mass is 19.1. The van der Waals surface area contributed by atoms with E-state index in [4.69, 9.17) is 0 Å². The van der Waals surface area contributed by atoms with Gasteiger partial charge in [0.15, 0.2) is 5.69 Å². The second kappa shape index (κ2) is 7.51. The average Bonchev–Trinajstić information content (AvgIpc) is 3.29. The third-order valence-electron chi connectivity index (χ3n) is 5.09. The highest BCUT2D eigenvalue weighted by molar-refractivity contribution is 5.93. The fourth-order valence-corrected chi connectivity index (χ4v) is 3.48. The van der Waals surface area contributed by atoms with Crippen molar-refractivity contribution in [3.63, 3.8) is 0 Å². The van der Waals surface area contributed by atoms with Crippen LogP contribution in [0, 0.1) is 12.7 Å². The Kier molecular flexibility index (Phi) is 4.91. The molecule has 1 unspecified atom stereocenters. The maximum atomic E-state index is 13.2. The Morgan fingerprint density at radius 2 is 2.11 bits per heavy atom. The van der Waals surface area contributed by atoms with Crippen molar-refractivity contribution in [2.45, 2.75) is 19.5 Å². The molecule has 3 heterocycles. The molecule has 1 N–H and O–H groups in total. The van der Waals surface area contributed by atoms with E-state index in [2.05, 4.69) is 20.6 Å². The molecule has 1 amide bonds. The first kappa shape index (κ1) is 18.3. The molecular weight excluding hydrogens is 361 g/mol. The summed E-state index contributed by atoms with van der Waals surface area (Å²) in [5.41, 5.74) is 1.91. The van der Waals surface area contributed by atoms with Crippen molar-refractivity contribution in [1.82, 2.24) is 34.8 Å². The van der Waals surface area contributed by atoms with Crippen LogP contribution in [0.2, 0.25) is 0 Å². The van der Waals surface area contributed by atoms with Gasteiger partial charge < -0.3 is 14.8 Å². The van der Waals surface area contributed by atoms with Crippen LogP contribution in [0.1, 0.15) is 33.6 Å². The predicted octanol–water partition coefficient (Wildman–Crippen LogP) is 1.29. The van der Waals surface area contributed by atoms with Crippen molar-refractivity contribution >= 4 is 5.91 Å².